The summed E-state index contributed by atoms with van der Waals surface area (Å²) in [6.45, 7) is 4.85. The van der Waals surface area contributed by atoms with Crippen LogP contribution in [-0.4, -0.2) is 35.5 Å². The van der Waals surface area contributed by atoms with Crippen molar-refractivity contribution in [2.24, 2.45) is 5.92 Å². The van der Waals surface area contributed by atoms with E-state index in [0.29, 0.717) is 0 Å². The number of amides is 1. The lowest BCUT2D eigenvalue weighted by Crippen LogP contribution is -2.34. The van der Waals surface area contributed by atoms with Crippen molar-refractivity contribution in [3.05, 3.63) is 35.9 Å². The molecule has 0 aliphatic carbocycles. The summed E-state index contributed by atoms with van der Waals surface area (Å²) < 4.78 is 22.1. The maximum absolute atomic E-state index is 12.3. The van der Waals surface area contributed by atoms with E-state index in [9.17, 15) is 19.0 Å². The second kappa shape index (κ2) is 9.45. The molecular weight excluding hydrogens is 333 g/mol. The Morgan fingerprint density at radius 2 is 1.83 bits per heavy atom. The average molecular weight is 357 g/mol. The molecule has 8 heteroatoms. The van der Waals surface area contributed by atoms with Crippen molar-refractivity contribution in [1.29, 1.82) is 0 Å². The summed E-state index contributed by atoms with van der Waals surface area (Å²) >= 11 is 0. The van der Waals surface area contributed by atoms with Gasteiger partial charge in [0.1, 0.15) is 12.4 Å². The number of nitrogens with one attached hydrogen (secondary N) is 1. The summed E-state index contributed by atoms with van der Waals surface area (Å²) in [6, 6.07) is 9.08. The van der Waals surface area contributed by atoms with Crippen molar-refractivity contribution < 1.29 is 28.5 Å². The minimum atomic E-state index is -3.78. The molecule has 0 aliphatic heterocycles. The lowest BCUT2D eigenvalue weighted by Gasteiger charge is -2.22. The first kappa shape index (κ1) is 20.2. The molecule has 0 aromatic heterocycles. The molecule has 7 nitrogen and oxygen atoms in total. The summed E-state index contributed by atoms with van der Waals surface area (Å²) in [4.78, 5) is 33.4. The Morgan fingerprint density at radius 3 is 2.42 bits per heavy atom. The molecule has 0 heterocycles. The van der Waals surface area contributed by atoms with Crippen molar-refractivity contribution in [3.8, 4) is 0 Å². The third kappa shape index (κ3) is 6.72. The Hall–Kier alpha value is -1.85. The zero-order valence-corrected chi connectivity index (χ0v) is 15.0. The molecular formula is C16H24NO6P. The summed E-state index contributed by atoms with van der Waals surface area (Å²) in [6.07, 6.45) is -1.06. The molecule has 0 radical (unpaired) electrons. The van der Waals surface area contributed by atoms with Gasteiger partial charge in [0.05, 0.1) is 12.5 Å². The number of rotatable bonds is 8. The van der Waals surface area contributed by atoms with E-state index in [-0.39, 0.29) is 19.4 Å². The summed E-state index contributed by atoms with van der Waals surface area (Å²) in [5.74, 6) is -2.30. The van der Waals surface area contributed by atoms with Gasteiger partial charge in [-0.15, -0.1) is 0 Å². The Morgan fingerprint density at radius 1 is 1.21 bits per heavy atom. The van der Waals surface area contributed by atoms with E-state index in [4.69, 9.17) is 9.47 Å². The van der Waals surface area contributed by atoms with Crippen LogP contribution in [0.15, 0.2) is 30.3 Å². The Labute approximate surface area is 141 Å². The number of ether oxygens (including phenoxy) is 2. The first-order valence-electron chi connectivity index (χ1n) is 7.71. The first-order chi connectivity index (χ1) is 11.3. The van der Waals surface area contributed by atoms with Crippen LogP contribution >= 0.6 is 7.37 Å². The molecule has 0 aliphatic rings. The number of hydrogen-bond donors (Lipinski definition) is 2. The van der Waals surface area contributed by atoms with Crippen LogP contribution in [-0.2, 0) is 25.4 Å². The van der Waals surface area contributed by atoms with E-state index >= 15 is 0 Å². The smallest absolute Gasteiger partial charge is 0.408 e. The van der Waals surface area contributed by atoms with E-state index < -0.39 is 31.1 Å². The number of carbonyl (C=O) groups is 2. The molecule has 0 fully saturated rings. The van der Waals surface area contributed by atoms with E-state index in [2.05, 4.69) is 5.32 Å². The normalized spacial score (nSPS) is 15.7. The predicted octanol–water partition coefficient (Wildman–Crippen LogP) is 2.73. The first-order valence-corrected chi connectivity index (χ1v) is 9.63. The fourth-order valence-electron chi connectivity index (χ4n) is 1.95. The molecule has 1 rings (SSSR count). The molecule has 134 valence electrons. The minimum Gasteiger partial charge on any atom is -0.466 e. The van der Waals surface area contributed by atoms with Gasteiger partial charge in [-0.25, -0.2) is 4.79 Å². The van der Waals surface area contributed by atoms with E-state index in [1.807, 2.05) is 18.2 Å². The van der Waals surface area contributed by atoms with Crippen LogP contribution in [0.5, 0.6) is 0 Å². The standard InChI is InChI=1S/C16H24NO6P/c1-4-22-15(18)12(2)11-24(20,21)13(3)17-16(19)23-10-14-8-6-5-7-9-14/h5-9,12-13H,4,10-11H2,1-3H3,(H,17,19)(H,20,21). The molecule has 0 spiro atoms. The fourth-order valence-corrected chi connectivity index (χ4v) is 3.50. The molecule has 0 saturated carbocycles. The molecule has 3 unspecified atom stereocenters. The maximum atomic E-state index is 12.3. The summed E-state index contributed by atoms with van der Waals surface area (Å²) in [7, 11) is -3.78. The average Bonchev–Trinajstić information content (AvgIpc) is 2.53. The van der Waals surface area contributed by atoms with Crippen molar-refractivity contribution in [1.82, 2.24) is 5.32 Å². The van der Waals surface area contributed by atoms with Crippen LogP contribution in [0.1, 0.15) is 26.3 Å². The van der Waals surface area contributed by atoms with Crippen LogP contribution < -0.4 is 5.32 Å². The monoisotopic (exact) mass is 357 g/mol. The van der Waals surface area contributed by atoms with Crippen LogP contribution in [0.25, 0.3) is 0 Å². The third-order valence-electron chi connectivity index (χ3n) is 3.37. The van der Waals surface area contributed by atoms with Gasteiger partial charge in [0.15, 0.2) is 0 Å². The number of esters is 1. The second-order valence-electron chi connectivity index (χ2n) is 5.47. The van der Waals surface area contributed by atoms with Gasteiger partial charge in [-0.2, -0.15) is 0 Å². The third-order valence-corrected chi connectivity index (χ3v) is 5.78. The number of benzene rings is 1. The molecule has 1 aromatic rings. The molecule has 1 aromatic carbocycles. The van der Waals surface area contributed by atoms with Crippen LogP contribution in [0, 0.1) is 5.92 Å². The lowest BCUT2D eigenvalue weighted by atomic mass is 10.2. The van der Waals surface area contributed by atoms with Gasteiger partial charge >= 0.3 is 12.1 Å². The molecule has 2 N–H and O–H groups in total. The van der Waals surface area contributed by atoms with Gasteiger partial charge in [0, 0.05) is 6.16 Å². The van der Waals surface area contributed by atoms with Crippen LogP contribution in [0.2, 0.25) is 0 Å². The largest absolute Gasteiger partial charge is 0.466 e. The van der Waals surface area contributed by atoms with Gasteiger partial charge < -0.3 is 19.7 Å². The van der Waals surface area contributed by atoms with E-state index in [1.54, 1.807) is 19.1 Å². The topological polar surface area (TPSA) is 102 Å². The molecule has 3 atom stereocenters. The van der Waals surface area contributed by atoms with Crippen molar-refractivity contribution in [2.75, 3.05) is 12.8 Å². The molecule has 1 amide bonds. The second-order valence-corrected chi connectivity index (χ2v) is 8.12. The number of hydrogen-bond acceptors (Lipinski definition) is 5. The number of alkyl carbamates (subject to hydrolysis) is 1. The lowest BCUT2D eigenvalue weighted by molar-refractivity contribution is -0.146. The SMILES string of the molecule is CCOC(=O)C(C)CP(=O)(O)C(C)NC(=O)OCc1ccccc1. The van der Waals surface area contributed by atoms with Crippen molar-refractivity contribution in [2.45, 2.75) is 33.2 Å². The highest BCUT2D eigenvalue weighted by Crippen LogP contribution is 2.46. The summed E-state index contributed by atoms with van der Waals surface area (Å²) in [5, 5.41) is 2.34. The predicted molar refractivity (Wildman–Crippen MR) is 89.7 cm³/mol. The quantitative estimate of drug-likeness (QED) is 0.548. The zero-order valence-electron chi connectivity index (χ0n) is 14.1. The van der Waals surface area contributed by atoms with Gasteiger partial charge in [-0.3, -0.25) is 9.36 Å². The molecule has 0 saturated heterocycles. The van der Waals surface area contributed by atoms with Gasteiger partial charge in [0.25, 0.3) is 0 Å². The highest BCUT2D eigenvalue weighted by atomic mass is 31.2. The highest BCUT2D eigenvalue weighted by molar-refractivity contribution is 7.58. The zero-order chi connectivity index (χ0) is 18.2. The van der Waals surface area contributed by atoms with Crippen molar-refractivity contribution >= 4 is 19.4 Å². The maximum Gasteiger partial charge on any atom is 0.408 e. The van der Waals surface area contributed by atoms with E-state index in [0.717, 1.165) is 5.56 Å². The Balaban J connectivity index is 2.49. The molecule has 0 bridgehead atoms. The number of carbonyl (C=O) groups excluding carboxylic acids is 2. The summed E-state index contributed by atoms with van der Waals surface area (Å²) in [5.41, 5.74) is 0.809. The van der Waals surface area contributed by atoms with E-state index in [1.165, 1.54) is 13.8 Å². The van der Waals surface area contributed by atoms with Crippen molar-refractivity contribution in [3.63, 3.8) is 0 Å². The minimum absolute atomic E-state index is 0.0638. The Bertz CT molecular complexity index is 591. The van der Waals surface area contributed by atoms with Gasteiger partial charge in [-0.1, -0.05) is 37.3 Å². The van der Waals surface area contributed by atoms with Gasteiger partial charge in [0.2, 0.25) is 7.37 Å². The van der Waals surface area contributed by atoms with Gasteiger partial charge in [-0.05, 0) is 19.4 Å². The fraction of sp³-hybridized carbons (Fsp3) is 0.500. The molecule has 24 heavy (non-hydrogen) atoms. The van der Waals surface area contributed by atoms with Crippen LogP contribution in [0.4, 0.5) is 4.79 Å². The Kier molecular flexibility index (Phi) is 7.95. The highest BCUT2D eigenvalue weighted by Gasteiger charge is 2.33. The van der Waals surface area contributed by atoms with Crippen LogP contribution in [0.3, 0.4) is 0 Å².